The van der Waals surface area contributed by atoms with Crippen LogP contribution in [0.1, 0.15) is 16.9 Å². The Morgan fingerprint density at radius 2 is 1.58 bits per heavy atom. The number of benzene rings is 2. The van der Waals surface area contributed by atoms with Gasteiger partial charge in [0.15, 0.2) is 0 Å². The molecule has 0 atom stereocenters. The van der Waals surface area contributed by atoms with Crippen LogP contribution in [0.25, 0.3) is 11.0 Å². The van der Waals surface area contributed by atoms with Crippen LogP contribution < -0.4 is 0 Å². The van der Waals surface area contributed by atoms with Crippen molar-refractivity contribution in [3.8, 4) is 0 Å². The van der Waals surface area contributed by atoms with Crippen molar-refractivity contribution < 1.29 is 4.42 Å². The minimum absolute atomic E-state index is 0.962. The molecule has 1 heteroatoms. The third-order valence-electron chi connectivity index (χ3n) is 3.49. The minimum atomic E-state index is 0.962. The molecule has 94 valence electrons. The van der Waals surface area contributed by atoms with Crippen LogP contribution in [0.2, 0.25) is 0 Å². The van der Waals surface area contributed by atoms with E-state index in [2.05, 4.69) is 42.5 Å². The van der Waals surface area contributed by atoms with Gasteiger partial charge in [0.2, 0.25) is 0 Å². The zero-order valence-electron chi connectivity index (χ0n) is 11.1. The fourth-order valence-electron chi connectivity index (χ4n) is 2.38. The Morgan fingerprint density at radius 1 is 0.842 bits per heavy atom. The van der Waals surface area contributed by atoms with Gasteiger partial charge in [-0.05, 0) is 30.5 Å². The second kappa shape index (κ2) is 5.23. The summed E-state index contributed by atoms with van der Waals surface area (Å²) in [5.41, 5.74) is 3.63. The molecule has 3 rings (SSSR count). The molecular weight excluding hydrogens is 232 g/mol. The predicted octanol–water partition coefficient (Wildman–Crippen LogP) is 4.81. The van der Waals surface area contributed by atoms with Gasteiger partial charge in [-0.2, -0.15) is 0 Å². The van der Waals surface area contributed by atoms with Crippen LogP contribution in [0.3, 0.4) is 0 Å². The molecule has 0 aliphatic carbocycles. The van der Waals surface area contributed by atoms with Crippen LogP contribution >= 0.6 is 0 Å². The molecule has 0 N–H and O–H groups in total. The average Bonchev–Trinajstić information content (AvgIpc) is 2.46. The van der Waals surface area contributed by atoms with Gasteiger partial charge in [0.25, 0.3) is 0 Å². The third-order valence-corrected chi connectivity index (χ3v) is 3.49. The fraction of sp³-hybridized carbons (Fsp3) is 0.167. The van der Waals surface area contributed by atoms with Crippen molar-refractivity contribution >= 4 is 11.0 Å². The standard InChI is InChI=1S/C18H17O/c1-14-16(12-11-15-7-3-2-4-8-15)13-17-9-5-6-10-18(17)19-14/h2-10,13H,11-12H2,1H3/q+1. The molecule has 3 aromatic rings. The number of hydrogen-bond donors (Lipinski definition) is 0. The maximum Gasteiger partial charge on any atom is 0.360 e. The van der Waals surface area contributed by atoms with E-state index < -0.39 is 0 Å². The van der Waals surface area contributed by atoms with Crippen molar-refractivity contribution in [3.05, 3.63) is 77.6 Å². The van der Waals surface area contributed by atoms with E-state index in [9.17, 15) is 0 Å². The van der Waals surface area contributed by atoms with Crippen LogP contribution in [0, 0.1) is 6.92 Å². The first kappa shape index (κ1) is 11.9. The molecule has 0 radical (unpaired) electrons. The SMILES string of the molecule is Cc1[o+]c2ccccc2cc1CCc1ccccc1. The number of fused-ring (bicyclic) bond motifs is 1. The van der Waals surface area contributed by atoms with Gasteiger partial charge in [-0.15, -0.1) is 0 Å². The normalized spacial score (nSPS) is 10.8. The molecule has 0 spiro atoms. The number of rotatable bonds is 3. The smallest absolute Gasteiger partial charge is 0.212 e. The molecule has 2 aromatic carbocycles. The summed E-state index contributed by atoms with van der Waals surface area (Å²) in [4.78, 5) is 0. The molecule has 0 aliphatic heterocycles. The van der Waals surface area contributed by atoms with Crippen molar-refractivity contribution in [2.75, 3.05) is 0 Å². The van der Waals surface area contributed by atoms with Crippen molar-refractivity contribution in [1.29, 1.82) is 0 Å². The lowest BCUT2D eigenvalue weighted by Gasteiger charge is -2.01. The molecule has 0 aliphatic rings. The Bertz CT molecular complexity index is 686. The van der Waals surface area contributed by atoms with Gasteiger partial charge in [-0.1, -0.05) is 42.5 Å². The lowest BCUT2D eigenvalue weighted by atomic mass is 10.0. The van der Waals surface area contributed by atoms with Gasteiger partial charge in [0.1, 0.15) is 0 Å². The van der Waals surface area contributed by atoms with E-state index in [1.165, 1.54) is 16.5 Å². The number of hydrogen-bond acceptors (Lipinski definition) is 0. The molecule has 1 aromatic heterocycles. The van der Waals surface area contributed by atoms with E-state index in [1.807, 2.05) is 25.1 Å². The Hall–Kier alpha value is -2.15. The third kappa shape index (κ3) is 2.65. The molecule has 0 unspecified atom stereocenters. The van der Waals surface area contributed by atoms with Gasteiger partial charge < -0.3 is 0 Å². The van der Waals surface area contributed by atoms with E-state index >= 15 is 0 Å². The summed E-state index contributed by atoms with van der Waals surface area (Å²) in [7, 11) is 0. The van der Waals surface area contributed by atoms with Crippen molar-refractivity contribution in [3.63, 3.8) is 0 Å². The van der Waals surface area contributed by atoms with Gasteiger partial charge >= 0.3 is 11.3 Å². The zero-order chi connectivity index (χ0) is 13.1. The molecular formula is C18H17O+. The monoisotopic (exact) mass is 249 g/mol. The fourth-order valence-corrected chi connectivity index (χ4v) is 2.38. The number of aryl methyl sites for hydroxylation is 3. The summed E-state index contributed by atoms with van der Waals surface area (Å²) in [6.07, 6.45) is 2.07. The Morgan fingerprint density at radius 3 is 2.42 bits per heavy atom. The maximum atomic E-state index is 5.88. The Labute approximate surface area is 113 Å². The molecule has 0 amide bonds. The second-order valence-electron chi connectivity index (χ2n) is 4.85. The quantitative estimate of drug-likeness (QED) is 0.606. The highest BCUT2D eigenvalue weighted by Crippen LogP contribution is 2.21. The lowest BCUT2D eigenvalue weighted by molar-refractivity contribution is 0.555. The van der Waals surface area contributed by atoms with E-state index in [0.717, 1.165) is 24.2 Å². The van der Waals surface area contributed by atoms with Crippen LogP contribution in [0.15, 0.2) is 65.1 Å². The maximum absolute atomic E-state index is 5.88. The zero-order valence-corrected chi connectivity index (χ0v) is 11.1. The van der Waals surface area contributed by atoms with Gasteiger partial charge in [-0.3, -0.25) is 0 Å². The average molecular weight is 249 g/mol. The molecule has 19 heavy (non-hydrogen) atoms. The van der Waals surface area contributed by atoms with E-state index in [-0.39, 0.29) is 0 Å². The van der Waals surface area contributed by atoms with Crippen molar-refractivity contribution in [2.45, 2.75) is 19.8 Å². The van der Waals surface area contributed by atoms with E-state index in [4.69, 9.17) is 4.42 Å². The first-order valence-electron chi connectivity index (χ1n) is 6.68. The summed E-state index contributed by atoms with van der Waals surface area (Å²) >= 11 is 0. The topological polar surface area (TPSA) is 11.3 Å². The van der Waals surface area contributed by atoms with Crippen molar-refractivity contribution in [1.82, 2.24) is 0 Å². The first-order chi connectivity index (χ1) is 9.33. The van der Waals surface area contributed by atoms with Crippen LogP contribution in [-0.4, -0.2) is 0 Å². The largest absolute Gasteiger partial charge is 0.360 e. The van der Waals surface area contributed by atoms with Gasteiger partial charge in [-0.25, -0.2) is 4.42 Å². The van der Waals surface area contributed by atoms with E-state index in [1.54, 1.807) is 0 Å². The van der Waals surface area contributed by atoms with Gasteiger partial charge in [0, 0.05) is 6.07 Å². The molecule has 0 bridgehead atoms. The predicted molar refractivity (Wildman–Crippen MR) is 79.2 cm³/mol. The van der Waals surface area contributed by atoms with E-state index in [0.29, 0.717) is 0 Å². The summed E-state index contributed by atoms with van der Waals surface area (Å²) in [5, 5.41) is 1.18. The highest BCUT2D eigenvalue weighted by molar-refractivity contribution is 5.77. The Balaban J connectivity index is 1.86. The lowest BCUT2D eigenvalue weighted by Crippen LogP contribution is -1.94. The second-order valence-corrected chi connectivity index (χ2v) is 4.85. The molecule has 0 saturated heterocycles. The summed E-state index contributed by atoms with van der Waals surface area (Å²) < 4.78 is 5.88. The molecule has 1 nitrogen and oxygen atoms in total. The van der Waals surface area contributed by atoms with Crippen LogP contribution in [0.5, 0.6) is 0 Å². The minimum Gasteiger partial charge on any atom is -0.212 e. The van der Waals surface area contributed by atoms with Gasteiger partial charge in [0.05, 0.1) is 17.9 Å². The molecule has 0 saturated carbocycles. The first-order valence-corrected chi connectivity index (χ1v) is 6.68. The highest BCUT2D eigenvalue weighted by Gasteiger charge is 2.14. The molecule has 1 heterocycles. The van der Waals surface area contributed by atoms with Crippen LogP contribution in [0.4, 0.5) is 0 Å². The van der Waals surface area contributed by atoms with Crippen molar-refractivity contribution in [2.24, 2.45) is 0 Å². The number of para-hydroxylation sites is 1. The Kier molecular flexibility index (Phi) is 3.28. The molecule has 0 fully saturated rings. The highest BCUT2D eigenvalue weighted by atomic mass is 16.3. The van der Waals surface area contributed by atoms with Crippen LogP contribution in [-0.2, 0) is 12.8 Å². The summed E-state index contributed by atoms with van der Waals surface area (Å²) in [5.74, 6) is 1.02. The summed E-state index contributed by atoms with van der Waals surface area (Å²) in [6.45, 7) is 2.05. The summed E-state index contributed by atoms with van der Waals surface area (Å²) in [6, 6.07) is 21.0.